The molecule has 1 aliphatic heterocycles. The number of aromatic amines is 1. The van der Waals surface area contributed by atoms with E-state index in [4.69, 9.17) is 0 Å². The number of carbonyl (C=O) groups is 1. The summed E-state index contributed by atoms with van der Waals surface area (Å²) in [4.78, 5) is 24.7. The molecule has 6 rings (SSSR count). The highest BCUT2D eigenvalue weighted by molar-refractivity contribution is 6.06. The van der Waals surface area contributed by atoms with Crippen LogP contribution in [0.3, 0.4) is 0 Å². The predicted molar refractivity (Wildman–Crippen MR) is 138 cm³/mol. The zero-order valence-corrected chi connectivity index (χ0v) is 19.2. The summed E-state index contributed by atoms with van der Waals surface area (Å²) in [6, 6.07) is 23.3. The number of carbonyl (C=O) groups excluding carboxylic acids is 1. The molecular weight excluding hydrogens is 450 g/mol. The molecule has 8 nitrogen and oxygen atoms in total. The van der Waals surface area contributed by atoms with Gasteiger partial charge in [-0.05, 0) is 46.7 Å². The third-order valence-corrected chi connectivity index (χ3v) is 6.26. The molecule has 0 saturated carbocycles. The van der Waals surface area contributed by atoms with Crippen LogP contribution in [0.15, 0.2) is 91.5 Å². The molecule has 174 valence electrons. The SMILES string of the molecule is N#CN1C=C(c2ncnc3[nH]ccc23)CN1Cc1cccc(NC(=O)c2ccc3ccccc3c2)c1. The summed E-state index contributed by atoms with van der Waals surface area (Å²) in [5, 5.41) is 19.2. The number of H-pyrrole nitrogens is 1. The van der Waals surface area contributed by atoms with Gasteiger partial charge in [-0.25, -0.2) is 15.0 Å². The van der Waals surface area contributed by atoms with E-state index < -0.39 is 0 Å². The zero-order chi connectivity index (χ0) is 24.5. The third kappa shape index (κ3) is 4.04. The first-order valence-electron chi connectivity index (χ1n) is 11.5. The standard InChI is InChI=1S/C28H21N7O/c29-17-35-16-23(26-25-10-11-30-27(25)32-18-31-26)15-34(35)14-19-4-3-7-24(12-19)33-28(36)22-9-8-20-5-1-2-6-21(20)13-22/h1-13,16,18H,14-15H2,(H,33,36)(H,30,31,32). The number of aromatic nitrogens is 3. The Hall–Kier alpha value is -5.00. The van der Waals surface area contributed by atoms with Crippen LogP contribution in [0.2, 0.25) is 0 Å². The van der Waals surface area contributed by atoms with E-state index in [9.17, 15) is 10.1 Å². The molecule has 1 amide bonds. The summed E-state index contributed by atoms with van der Waals surface area (Å²) in [5.41, 5.74) is 4.77. The largest absolute Gasteiger partial charge is 0.346 e. The molecule has 0 radical (unpaired) electrons. The van der Waals surface area contributed by atoms with Crippen molar-refractivity contribution in [3.8, 4) is 6.19 Å². The lowest BCUT2D eigenvalue weighted by Crippen LogP contribution is -2.31. The third-order valence-electron chi connectivity index (χ3n) is 6.26. The maximum atomic E-state index is 12.9. The normalized spacial score (nSPS) is 13.6. The van der Waals surface area contributed by atoms with Gasteiger partial charge in [0.25, 0.3) is 5.91 Å². The summed E-state index contributed by atoms with van der Waals surface area (Å²) < 4.78 is 0. The molecular formula is C28H21N7O. The topological polar surface area (TPSA) is 101 Å². The van der Waals surface area contributed by atoms with Gasteiger partial charge >= 0.3 is 0 Å². The van der Waals surface area contributed by atoms with Crippen LogP contribution >= 0.6 is 0 Å². The first kappa shape index (κ1) is 21.5. The van der Waals surface area contributed by atoms with Gasteiger partial charge in [0.15, 0.2) is 6.19 Å². The van der Waals surface area contributed by atoms with Crippen LogP contribution in [0, 0.1) is 11.5 Å². The van der Waals surface area contributed by atoms with Crippen LogP contribution < -0.4 is 5.32 Å². The minimum absolute atomic E-state index is 0.166. The smallest absolute Gasteiger partial charge is 0.255 e. The van der Waals surface area contributed by atoms with Gasteiger partial charge in [-0.2, -0.15) is 10.3 Å². The highest BCUT2D eigenvalue weighted by Crippen LogP contribution is 2.28. The molecule has 0 spiro atoms. The quantitative estimate of drug-likeness (QED) is 0.353. The van der Waals surface area contributed by atoms with Crippen molar-refractivity contribution < 1.29 is 4.79 Å². The first-order chi connectivity index (χ1) is 17.7. The molecule has 1 aliphatic rings. The van der Waals surface area contributed by atoms with Crippen molar-refractivity contribution in [2.75, 3.05) is 11.9 Å². The summed E-state index contributed by atoms with van der Waals surface area (Å²) in [6.45, 7) is 1.02. The molecule has 0 fully saturated rings. The van der Waals surface area contributed by atoms with Crippen LogP contribution in [0.25, 0.3) is 27.4 Å². The lowest BCUT2D eigenvalue weighted by atomic mass is 10.1. The van der Waals surface area contributed by atoms with Crippen LogP contribution in [0.1, 0.15) is 21.6 Å². The van der Waals surface area contributed by atoms with E-state index in [0.717, 1.165) is 38.6 Å². The van der Waals surface area contributed by atoms with Crippen LogP contribution in [-0.4, -0.2) is 37.4 Å². The Kier molecular flexibility index (Phi) is 5.37. The fourth-order valence-corrected chi connectivity index (χ4v) is 4.52. The lowest BCUT2D eigenvalue weighted by molar-refractivity contribution is 0.102. The molecule has 0 bridgehead atoms. The van der Waals surface area contributed by atoms with Crippen molar-refractivity contribution in [1.82, 2.24) is 25.0 Å². The summed E-state index contributed by atoms with van der Waals surface area (Å²) in [5.74, 6) is -0.166. The molecule has 0 unspecified atom stereocenters. The number of fused-ring (bicyclic) bond motifs is 2. The summed E-state index contributed by atoms with van der Waals surface area (Å²) in [6.07, 6.45) is 7.38. The second kappa shape index (κ2) is 8.98. The Morgan fingerprint density at radius 1 is 1.03 bits per heavy atom. The number of nitrogens with one attached hydrogen (secondary N) is 2. The minimum Gasteiger partial charge on any atom is -0.346 e. The fraction of sp³-hybridized carbons (Fsp3) is 0.0714. The monoisotopic (exact) mass is 471 g/mol. The number of nitriles is 1. The van der Waals surface area contributed by atoms with Gasteiger partial charge in [0, 0.05) is 47.7 Å². The zero-order valence-electron chi connectivity index (χ0n) is 19.2. The summed E-state index contributed by atoms with van der Waals surface area (Å²) >= 11 is 0. The Bertz CT molecular complexity index is 1680. The van der Waals surface area contributed by atoms with Gasteiger partial charge in [-0.15, -0.1) is 0 Å². The van der Waals surface area contributed by atoms with E-state index >= 15 is 0 Å². The molecule has 0 saturated heterocycles. The Morgan fingerprint density at radius 3 is 2.81 bits per heavy atom. The molecule has 36 heavy (non-hydrogen) atoms. The van der Waals surface area contributed by atoms with E-state index in [-0.39, 0.29) is 5.91 Å². The molecule has 3 aromatic carbocycles. The van der Waals surface area contributed by atoms with E-state index in [1.54, 1.807) is 6.20 Å². The van der Waals surface area contributed by atoms with E-state index in [0.29, 0.717) is 24.3 Å². The molecule has 2 N–H and O–H groups in total. The van der Waals surface area contributed by atoms with Crippen LogP contribution in [-0.2, 0) is 6.54 Å². The van der Waals surface area contributed by atoms with Crippen molar-refractivity contribution in [3.05, 3.63) is 108 Å². The molecule has 3 heterocycles. The second-order valence-corrected chi connectivity index (χ2v) is 8.60. The number of nitrogens with zero attached hydrogens (tertiary/aromatic N) is 5. The van der Waals surface area contributed by atoms with E-state index in [1.165, 1.54) is 11.3 Å². The van der Waals surface area contributed by atoms with Crippen molar-refractivity contribution in [2.45, 2.75) is 6.54 Å². The number of benzene rings is 3. The number of amides is 1. The van der Waals surface area contributed by atoms with Crippen molar-refractivity contribution >= 4 is 39.0 Å². The Balaban J connectivity index is 1.18. The predicted octanol–water partition coefficient (Wildman–Crippen LogP) is 4.92. The molecule has 5 aromatic rings. The highest BCUT2D eigenvalue weighted by atomic mass is 16.1. The molecule has 2 aromatic heterocycles. The number of anilines is 1. The van der Waals surface area contributed by atoms with Crippen molar-refractivity contribution in [3.63, 3.8) is 0 Å². The van der Waals surface area contributed by atoms with Crippen LogP contribution in [0.5, 0.6) is 0 Å². The second-order valence-electron chi connectivity index (χ2n) is 8.60. The number of hydrazine groups is 1. The van der Waals surface area contributed by atoms with E-state index in [1.807, 2.05) is 84.0 Å². The van der Waals surface area contributed by atoms with E-state index in [2.05, 4.69) is 26.5 Å². The van der Waals surface area contributed by atoms with Crippen molar-refractivity contribution in [1.29, 1.82) is 5.26 Å². The van der Waals surface area contributed by atoms with Crippen LogP contribution in [0.4, 0.5) is 5.69 Å². The van der Waals surface area contributed by atoms with Crippen molar-refractivity contribution in [2.24, 2.45) is 0 Å². The van der Waals surface area contributed by atoms with Gasteiger partial charge in [0.05, 0.1) is 5.69 Å². The fourth-order valence-electron chi connectivity index (χ4n) is 4.52. The Labute approximate surface area is 207 Å². The van der Waals surface area contributed by atoms with Gasteiger partial charge in [0.2, 0.25) is 0 Å². The summed E-state index contributed by atoms with van der Waals surface area (Å²) in [7, 11) is 0. The maximum absolute atomic E-state index is 12.9. The van der Waals surface area contributed by atoms with Gasteiger partial charge in [0.1, 0.15) is 12.0 Å². The lowest BCUT2D eigenvalue weighted by Gasteiger charge is -2.22. The van der Waals surface area contributed by atoms with Gasteiger partial charge in [-0.1, -0.05) is 42.5 Å². The maximum Gasteiger partial charge on any atom is 0.255 e. The van der Waals surface area contributed by atoms with Gasteiger partial charge < -0.3 is 10.3 Å². The Morgan fingerprint density at radius 2 is 1.92 bits per heavy atom. The average Bonchev–Trinajstić information content (AvgIpc) is 3.55. The number of hydrogen-bond acceptors (Lipinski definition) is 6. The first-order valence-corrected chi connectivity index (χ1v) is 11.5. The molecule has 0 aliphatic carbocycles. The number of rotatable bonds is 5. The molecule has 8 heteroatoms. The van der Waals surface area contributed by atoms with Gasteiger partial charge in [-0.3, -0.25) is 4.79 Å². The number of hydrogen-bond donors (Lipinski definition) is 2. The minimum atomic E-state index is -0.166. The average molecular weight is 472 g/mol. The highest BCUT2D eigenvalue weighted by Gasteiger charge is 2.25. The molecule has 0 atom stereocenters.